The van der Waals surface area contributed by atoms with Gasteiger partial charge in [-0.1, -0.05) is 41.4 Å². The van der Waals surface area contributed by atoms with E-state index in [0.29, 0.717) is 30.2 Å². The molecule has 3 aromatic rings. The van der Waals surface area contributed by atoms with Crippen LogP contribution in [0.4, 0.5) is 15.6 Å². The molecule has 0 saturated carbocycles. The van der Waals surface area contributed by atoms with Gasteiger partial charge in [-0.3, -0.25) is 0 Å². The third kappa shape index (κ3) is 5.41. The van der Waals surface area contributed by atoms with Gasteiger partial charge < -0.3 is 15.1 Å². The zero-order chi connectivity index (χ0) is 20.9. The highest BCUT2D eigenvalue weighted by molar-refractivity contribution is 7.09. The summed E-state index contributed by atoms with van der Waals surface area (Å²) in [5.41, 5.74) is 1.83. The molecule has 2 amide bonds. The number of halogens is 2. The molecule has 2 heterocycles. The minimum Gasteiger partial charge on any atom is -0.345 e. The summed E-state index contributed by atoms with van der Waals surface area (Å²) in [6.07, 6.45) is 1.55. The number of nitrogens with zero attached hydrogens (tertiary/aromatic N) is 4. The largest absolute Gasteiger partial charge is 0.345 e. The van der Waals surface area contributed by atoms with E-state index in [1.54, 1.807) is 12.1 Å². The van der Waals surface area contributed by atoms with Crippen LogP contribution in [0.3, 0.4) is 0 Å². The molecule has 0 unspecified atom stereocenters. The molecule has 2 aromatic carbocycles. The molecule has 0 radical (unpaired) electrons. The summed E-state index contributed by atoms with van der Waals surface area (Å²) >= 11 is 13.4. The molecule has 0 spiro atoms. The Hall–Kier alpha value is -2.35. The van der Waals surface area contributed by atoms with Crippen molar-refractivity contribution in [3.05, 3.63) is 70.0 Å². The van der Waals surface area contributed by atoms with Crippen LogP contribution >= 0.6 is 34.7 Å². The first kappa shape index (κ1) is 20.9. The van der Waals surface area contributed by atoms with Crippen molar-refractivity contribution in [2.24, 2.45) is 0 Å². The van der Waals surface area contributed by atoms with Gasteiger partial charge in [0.15, 0.2) is 0 Å². The van der Waals surface area contributed by atoms with E-state index in [-0.39, 0.29) is 6.03 Å². The molecule has 0 bridgehead atoms. The van der Waals surface area contributed by atoms with Crippen molar-refractivity contribution >= 4 is 51.6 Å². The number of aromatic nitrogens is 2. The Bertz CT molecular complexity index is 1010. The zero-order valence-electron chi connectivity index (χ0n) is 16.2. The lowest BCUT2D eigenvalue weighted by Crippen LogP contribution is -2.38. The summed E-state index contributed by atoms with van der Waals surface area (Å²) < 4.78 is 4.51. The molecule has 1 fully saturated rings. The Balaban J connectivity index is 1.34. The van der Waals surface area contributed by atoms with E-state index >= 15 is 0 Å². The van der Waals surface area contributed by atoms with Crippen molar-refractivity contribution in [1.82, 2.24) is 14.3 Å². The van der Waals surface area contributed by atoms with Crippen molar-refractivity contribution < 1.29 is 4.79 Å². The molecule has 1 N–H and O–H groups in total. The highest BCUT2D eigenvalue weighted by atomic mass is 35.5. The maximum absolute atomic E-state index is 12.6. The van der Waals surface area contributed by atoms with Crippen molar-refractivity contribution in [3.63, 3.8) is 0 Å². The summed E-state index contributed by atoms with van der Waals surface area (Å²) in [5.74, 6) is 0.803. The van der Waals surface area contributed by atoms with Crippen molar-refractivity contribution in [2.75, 3.05) is 36.4 Å². The number of anilines is 2. The molecule has 1 saturated heterocycles. The highest BCUT2D eigenvalue weighted by Crippen LogP contribution is 2.22. The van der Waals surface area contributed by atoms with Crippen LogP contribution in [0.15, 0.2) is 48.5 Å². The molecular formula is C21H21Cl2N5OS. The number of carbonyl (C=O) groups is 1. The third-order valence-corrected chi connectivity index (χ3v) is 6.16. The fourth-order valence-corrected chi connectivity index (χ4v) is 4.36. The lowest BCUT2D eigenvalue weighted by Gasteiger charge is -2.22. The van der Waals surface area contributed by atoms with Crippen LogP contribution in [-0.4, -0.2) is 46.5 Å². The summed E-state index contributed by atoms with van der Waals surface area (Å²) in [5, 5.41) is 5.14. The molecule has 1 aliphatic heterocycles. The first-order valence-corrected chi connectivity index (χ1v) is 11.2. The number of amides is 2. The van der Waals surface area contributed by atoms with E-state index in [1.165, 1.54) is 11.5 Å². The lowest BCUT2D eigenvalue weighted by atomic mass is 10.1. The molecule has 30 heavy (non-hydrogen) atoms. The monoisotopic (exact) mass is 461 g/mol. The molecule has 0 atom stereocenters. The highest BCUT2D eigenvalue weighted by Gasteiger charge is 2.21. The van der Waals surface area contributed by atoms with Crippen LogP contribution < -0.4 is 10.2 Å². The number of nitrogens with one attached hydrogen (secondary N) is 1. The van der Waals surface area contributed by atoms with Gasteiger partial charge in [-0.25, -0.2) is 9.78 Å². The molecule has 6 nitrogen and oxygen atoms in total. The minimum atomic E-state index is -0.111. The van der Waals surface area contributed by atoms with E-state index < -0.39 is 0 Å². The average molecular weight is 462 g/mol. The van der Waals surface area contributed by atoms with Gasteiger partial charge in [0.2, 0.25) is 5.13 Å². The number of benzene rings is 2. The van der Waals surface area contributed by atoms with E-state index in [0.717, 1.165) is 41.1 Å². The Morgan fingerprint density at radius 2 is 1.87 bits per heavy atom. The Kier molecular flexibility index (Phi) is 6.72. The number of hydrogen-bond acceptors (Lipinski definition) is 5. The van der Waals surface area contributed by atoms with Crippen molar-refractivity contribution in [3.8, 4) is 0 Å². The van der Waals surface area contributed by atoms with Crippen LogP contribution in [0, 0.1) is 0 Å². The van der Waals surface area contributed by atoms with Crippen LogP contribution in [0.25, 0.3) is 0 Å². The quantitative estimate of drug-likeness (QED) is 0.581. The molecule has 156 valence electrons. The van der Waals surface area contributed by atoms with Gasteiger partial charge in [0.05, 0.1) is 0 Å². The predicted molar refractivity (Wildman–Crippen MR) is 123 cm³/mol. The van der Waals surface area contributed by atoms with Crippen LogP contribution in [-0.2, 0) is 6.42 Å². The van der Waals surface area contributed by atoms with Crippen molar-refractivity contribution in [2.45, 2.75) is 12.8 Å². The number of rotatable bonds is 4. The second-order valence-electron chi connectivity index (χ2n) is 7.06. The normalized spacial score (nSPS) is 14.5. The molecule has 1 aliphatic rings. The van der Waals surface area contributed by atoms with Crippen LogP contribution in [0.5, 0.6) is 0 Å². The SMILES string of the molecule is O=C(Nc1cccc(Cl)c1)N1CCCN(c2nc(Cc3ccc(Cl)cc3)ns2)CC1. The summed E-state index contributed by atoms with van der Waals surface area (Å²) in [4.78, 5) is 21.4. The Morgan fingerprint density at radius 1 is 1.03 bits per heavy atom. The van der Waals surface area contributed by atoms with Gasteiger partial charge in [-0.05, 0) is 42.3 Å². The molecule has 4 rings (SSSR count). The number of hydrogen-bond donors (Lipinski definition) is 1. The number of carbonyl (C=O) groups excluding carboxylic acids is 1. The van der Waals surface area contributed by atoms with Gasteiger partial charge in [-0.15, -0.1) is 0 Å². The van der Waals surface area contributed by atoms with Gasteiger partial charge in [0.25, 0.3) is 0 Å². The maximum atomic E-state index is 12.6. The van der Waals surface area contributed by atoms with Crippen LogP contribution in [0.1, 0.15) is 17.8 Å². The lowest BCUT2D eigenvalue weighted by molar-refractivity contribution is 0.215. The first-order valence-electron chi connectivity index (χ1n) is 9.70. The maximum Gasteiger partial charge on any atom is 0.321 e. The topological polar surface area (TPSA) is 61.4 Å². The standard InChI is InChI=1S/C21H21Cl2N5OS/c22-16-7-5-15(6-8-16)13-19-25-21(30-26-19)28-10-2-9-27(11-12-28)20(29)24-18-4-1-3-17(23)14-18/h1,3-8,14H,2,9-13H2,(H,24,29). The first-order chi connectivity index (χ1) is 14.6. The van der Waals surface area contributed by atoms with E-state index in [2.05, 4.69) is 14.6 Å². The van der Waals surface area contributed by atoms with Gasteiger partial charge in [-0.2, -0.15) is 4.37 Å². The van der Waals surface area contributed by atoms with Gasteiger partial charge in [0.1, 0.15) is 5.82 Å². The summed E-state index contributed by atoms with van der Waals surface area (Å²) in [7, 11) is 0. The Labute approximate surface area is 189 Å². The second kappa shape index (κ2) is 9.64. The molecule has 9 heteroatoms. The third-order valence-electron chi connectivity index (χ3n) is 4.86. The second-order valence-corrected chi connectivity index (χ2v) is 8.67. The fraction of sp³-hybridized carbons (Fsp3) is 0.286. The van der Waals surface area contributed by atoms with E-state index in [9.17, 15) is 4.79 Å². The van der Waals surface area contributed by atoms with E-state index in [4.69, 9.17) is 28.2 Å². The smallest absolute Gasteiger partial charge is 0.321 e. The van der Waals surface area contributed by atoms with Gasteiger partial charge in [0, 0.05) is 59.9 Å². The molecular weight excluding hydrogens is 441 g/mol. The minimum absolute atomic E-state index is 0.111. The van der Waals surface area contributed by atoms with Gasteiger partial charge >= 0.3 is 6.03 Å². The average Bonchev–Trinajstić information content (AvgIpc) is 3.04. The van der Waals surface area contributed by atoms with Crippen LogP contribution in [0.2, 0.25) is 10.0 Å². The summed E-state index contributed by atoms with van der Waals surface area (Å²) in [6.45, 7) is 2.88. The fourth-order valence-electron chi connectivity index (χ4n) is 3.31. The predicted octanol–water partition coefficient (Wildman–Crippen LogP) is 5.18. The number of urea groups is 1. The zero-order valence-corrected chi connectivity index (χ0v) is 18.6. The summed E-state index contributed by atoms with van der Waals surface area (Å²) in [6, 6.07) is 14.8. The molecule has 1 aromatic heterocycles. The van der Waals surface area contributed by atoms with E-state index in [1.807, 2.05) is 41.3 Å². The Morgan fingerprint density at radius 3 is 2.67 bits per heavy atom. The molecule has 0 aliphatic carbocycles. The van der Waals surface area contributed by atoms with Crippen molar-refractivity contribution in [1.29, 1.82) is 0 Å².